The fourth-order valence-electron chi connectivity index (χ4n) is 1.42. The lowest BCUT2D eigenvalue weighted by Gasteiger charge is -2.12. The Morgan fingerprint density at radius 1 is 1.29 bits per heavy atom. The zero-order valence-corrected chi connectivity index (χ0v) is 9.70. The van der Waals surface area contributed by atoms with Crippen LogP contribution in [0.25, 0.3) is 10.8 Å². The van der Waals surface area contributed by atoms with Gasteiger partial charge in [-0.25, -0.2) is 0 Å². The summed E-state index contributed by atoms with van der Waals surface area (Å²) in [5.41, 5.74) is 5.04. The SMILES string of the molecule is Cl.[2H]C([2H])(N)C([2H])(O)C([2H])([2H])Oc1cccc2ccccc12. The molecular weight excluding hydrogens is 238 g/mol. The summed E-state index contributed by atoms with van der Waals surface area (Å²) in [7, 11) is 0. The number of hydrogen-bond acceptors (Lipinski definition) is 3. The van der Waals surface area contributed by atoms with Crippen molar-refractivity contribution in [2.45, 2.75) is 6.08 Å². The largest absolute Gasteiger partial charge is 0.490 e. The molecule has 0 radical (unpaired) electrons. The predicted octanol–water partition coefficient (Wildman–Crippen LogP) is 1.96. The van der Waals surface area contributed by atoms with Crippen LogP contribution in [0, 0.1) is 0 Å². The number of halogens is 1. The number of aliphatic hydroxyl groups is 1. The number of fused-ring (bicyclic) bond motifs is 1. The Morgan fingerprint density at radius 2 is 2.00 bits per heavy atom. The molecule has 0 aromatic heterocycles. The summed E-state index contributed by atoms with van der Waals surface area (Å²) in [5.74, 6) is 0.0908. The quantitative estimate of drug-likeness (QED) is 0.882. The molecule has 1 atom stereocenters. The molecule has 0 amide bonds. The van der Waals surface area contributed by atoms with E-state index in [1.807, 2.05) is 0 Å². The first-order valence-corrected chi connectivity index (χ1v) is 4.74. The van der Waals surface area contributed by atoms with Crippen molar-refractivity contribution >= 4 is 23.2 Å². The van der Waals surface area contributed by atoms with Gasteiger partial charge >= 0.3 is 0 Å². The zero-order valence-electron chi connectivity index (χ0n) is 13.9. The highest BCUT2D eigenvalue weighted by Gasteiger charge is 2.04. The highest BCUT2D eigenvalue weighted by Crippen LogP contribution is 2.25. The highest BCUT2D eigenvalue weighted by molar-refractivity contribution is 5.88. The summed E-state index contributed by atoms with van der Waals surface area (Å²) in [6, 6.07) is 11.9. The molecule has 2 aromatic rings. The van der Waals surface area contributed by atoms with Gasteiger partial charge in [-0.1, -0.05) is 36.4 Å². The fourth-order valence-corrected chi connectivity index (χ4v) is 1.42. The highest BCUT2D eigenvalue weighted by atomic mass is 35.5. The molecule has 0 aliphatic heterocycles. The van der Waals surface area contributed by atoms with Crippen LogP contribution in [0.15, 0.2) is 42.5 Å². The van der Waals surface area contributed by atoms with E-state index in [1.54, 1.807) is 36.4 Å². The second-order valence-corrected chi connectivity index (χ2v) is 3.17. The number of benzene rings is 2. The van der Waals surface area contributed by atoms with Crippen molar-refractivity contribution in [3.8, 4) is 5.75 Å². The van der Waals surface area contributed by atoms with E-state index in [1.165, 1.54) is 6.07 Å². The van der Waals surface area contributed by atoms with Gasteiger partial charge < -0.3 is 15.6 Å². The van der Waals surface area contributed by atoms with Crippen molar-refractivity contribution in [2.24, 2.45) is 5.73 Å². The third-order valence-corrected chi connectivity index (χ3v) is 2.14. The molecule has 0 saturated heterocycles. The molecule has 3 nitrogen and oxygen atoms in total. The van der Waals surface area contributed by atoms with Crippen LogP contribution in [0.2, 0.25) is 0 Å². The van der Waals surface area contributed by atoms with E-state index >= 15 is 0 Å². The third kappa shape index (κ3) is 3.33. The van der Waals surface area contributed by atoms with Crippen LogP contribution in [0.5, 0.6) is 5.75 Å². The minimum atomic E-state index is -3.28. The normalized spacial score (nSPS) is 19.8. The molecule has 0 heterocycles. The van der Waals surface area contributed by atoms with Crippen molar-refractivity contribution in [1.82, 2.24) is 0 Å². The molecule has 4 heteroatoms. The van der Waals surface area contributed by atoms with Gasteiger partial charge in [0.1, 0.15) is 18.4 Å². The van der Waals surface area contributed by atoms with E-state index < -0.39 is 19.1 Å². The molecular formula is C13H16ClNO2. The van der Waals surface area contributed by atoms with Gasteiger partial charge in [-0.2, -0.15) is 0 Å². The molecule has 2 rings (SSSR count). The van der Waals surface area contributed by atoms with Gasteiger partial charge in [-0.3, -0.25) is 0 Å². The topological polar surface area (TPSA) is 55.5 Å². The number of hydrogen-bond donors (Lipinski definition) is 2. The Bertz CT molecular complexity index is 655. The molecule has 0 aliphatic rings. The molecule has 0 fully saturated rings. The van der Waals surface area contributed by atoms with Gasteiger partial charge in [0.25, 0.3) is 0 Å². The summed E-state index contributed by atoms with van der Waals surface area (Å²) in [5, 5.41) is 11.1. The van der Waals surface area contributed by atoms with Crippen LogP contribution in [-0.2, 0) is 0 Å². The minimum absolute atomic E-state index is 0. The Hall–Kier alpha value is -1.29. The average molecular weight is 259 g/mol. The minimum Gasteiger partial charge on any atom is -0.490 e. The number of ether oxygens (including phenoxy) is 1. The molecule has 92 valence electrons. The lowest BCUT2D eigenvalue weighted by atomic mass is 10.1. The van der Waals surface area contributed by atoms with Gasteiger partial charge in [0.2, 0.25) is 0 Å². The predicted molar refractivity (Wildman–Crippen MR) is 71.8 cm³/mol. The van der Waals surface area contributed by atoms with E-state index in [0.717, 1.165) is 5.39 Å². The van der Waals surface area contributed by atoms with E-state index in [0.29, 0.717) is 5.39 Å². The van der Waals surface area contributed by atoms with E-state index in [-0.39, 0.29) is 18.2 Å². The van der Waals surface area contributed by atoms with Crippen molar-refractivity contribution in [2.75, 3.05) is 13.1 Å². The van der Waals surface area contributed by atoms with Crippen molar-refractivity contribution in [3.63, 3.8) is 0 Å². The Balaban J connectivity index is 0.00000242. The maximum atomic E-state index is 9.78. The molecule has 0 bridgehead atoms. The smallest absolute Gasteiger partial charge is 0.127 e. The molecule has 2 aromatic carbocycles. The fraction of sp³-hybridized carbons (Fsp3) is 0.231. The third-order valence-electron chi connectivity index (χ3n) is 2.14. The van der Waals surface area contributed by atoms with Crippen LogP contribution < -0.4 is 10.5 Å². The Kier molecular flexibility index (Phi) is 3.01. The van der Waals surface area contributed by atoms with Crippen LogP contribution in [0.3, 0.4) is 0 Å². The monoisotopic (exact) mass is 258 g/mol. The number of nitrogens with two attached hydrogens (primary N) is 1. The summed E-state index contributed by atoms with van der Waals surface area (Å²) in [6.07, 6.45) is -3.28. The van der Waals surface area contributed by atoms with Crippen LogP contribution in [-0.4, -0.2) is 24.2 Å². The first-order valence-electron chi connectivity index (χ1n) is 7.24. The van der Waals surface area contributed by atoms with E-state index in [2.05, 4.69) is 0 Å². The molecule has 17 heavy (non-hydrogen) atoms. The van der Waals surface area contributed by atoms with Crippen LogP contribution in [0.4, 0.5) is 0 Å². The van der Waals surface area contributed by atoms with Crippen LogP contribution in [0.1, 0.15) is 6.85 Å². The summed E-state index contributed by atoms with van der Waals surface area (Å²) < 4.78 is 42.4. The maximum absolute atomic E-state index is 9.78. The number of rotatable bonds is 4. The maximum Gasteiger partial charge on any atom is 0.127 e. The Morgan fingerprint density at radius 3 is 2.76 bits per heavy atom. The first kappa shape index (κ1) is 7.93. The Labute approximate surface area is 114 Å². The van der Waals surface area contributed by atoms with Crippen molar-refractivity contribution in [3.05, 3.63) is 42.5 Å². The lowest BCUT2D eigenvalue weighted by Crippen LogP contribution is -2.26. The standard InChI is InChI=1S/C13H15NO2.ClH/c14-8-11(15)9-16-13-7-3-5-10-4-1-2-6-12(10)13;/h1-7,11,15H,8-9,14H2;1H/i8D2,9D2,11D;. The molecule has 3 N–H and O–H groups in total. The van der Waals surface area contributed by atoms with Crippen molar-refractivity contribution in [1.29, 1.82) is 0 Å². The molecule has 0 aliphatic carbocycles. The van der Waals surface area contributed by atoms with E-state index in [9.17, 15) is 5.11 Å². The summed E-state index contributed by atoms with van der Waals surface area (Å²) >= 11 is 0. The van der Waals surface area contributed by atoms with Gasteiger partial charge in [0.05, 0.1) is 4.11 Å². The first-order chi connectivity index (χ1) is 9.56. The van der Waals surface area contributed by atoms with Crippen LogP contribution >= 0.6 is 12.4 Å². The molecule has 1 unspecified atom stereocenters. The second kappa shape index (κ2) is 6.45. The van der Waals surface area contributed by atoms with Gasteiger partial charge in [-0.15, -0.1) is 12.4 Å². The van der Waals surface area contributed by atoms with Crippen molar-refractivity contribution < 1.29 is 16.7 Å². The lowest BCUT2D eigenvalue weighted by molar-refractivity contribution is 0.115. The zero-order chi connectivity index (χ0) is 15.9. The summed E-state index contributed by atoms with van der Waals surface area (Å²) in [6.45, 7) is -6.05. The molecule has 0 spiro atoms. The summed E-state index contributed by atoms with van der Waals surface area (Å²) in [4.78, 5) is 0. The average Bonchev–Trinajstić information content (AvgIpc) is 2.37. The van der Waals surface area contributed by atoms with Gasteiger partial charge in [0.15, 0.2) is 0 Å². The molecule has 0 saturated carbocycles. The van der Waals surface area contributed by atoms with Gasteiger partial charge in [-0.05, 0) is 11.5 Å². The van der Waals surface area contributed by atoms with Gasteiger partial charge in [0, 0.05) is 14.6 Å². The second-order valence-electron chi connectivity index (χ2n) is 3.17. The van der Waals surface area contributed by atoms with E-state index in [4.69, 9.17) is 17.3 Å².